The first-order chi connectivity index (χ1) is 4.91. The van der Waals surface area contributed by atoms with E-state index in [-0.39, 0.29) is 0 Å². The van der Waals surface area contributed by atoms with Crippen LogP contribution in [0.2, 0.25) is 0 Å². The minimum Gasteiger partial charge on any atom is -0.299 e. The van der Waals surface area contributed by atoms with Crippen LogP contribution in [0.1, 0.15) is 6.92 Å². The Hall–Kier alpha value is -0.890. The Morgan fingerprint density at radius 3 is 2.00 bits per heavy atom. The number of carbonyl (C=O) groups is 1. The van der Waals surface area contributed by atoms with E-state index in [9.17, 15) is 4.79 Å². The minimum absolute atomic E-state index is 0.750. The van der Waals surface area contributed by atoms with Crippen molar-refractivity contribution in [2.75, 3.05) is 0 Å². The van der Waals surface area contributed by atoms with Crippen LogP contribution >= 0.6 is 11.3 Å². The van der Waals surface area contributed by atoms with Crippen LogP contribution in [0.3, 0.4) is 0 Å². The second-order valence-corrected chi connectivity index (χ2v) is 2.27. The molecular weight excluding hydrogens is 144 g/mol. The van der Waals surface area contributed by atoms with Gasteiger partial charge in [0, 0.05) is 0 Å². The Morgan fingerprint density at radius 1 is 1.30 bits per heavy atom. The van der Waals surface area contributed by atoms with Crippen LogP contribution in [0, 0.1) is 0 Å². The summed E-state index contributed by atoms with van der Waals surface area (Å²) in [5.74, 6) is 0. The molecule has 10 heavy (non-hydrogen) atoms. The van der Waals surface area contributed by atoms with Crippen LogP contribution < -0.4 is 0 Å². The molecule has 0 aliphatic carbocycles. The van der Waals surface area contributed by atoms with Crippen LogP contribution in [0.5, 0.6) is 0 Å². The summed E-state index contributed by atoms with van der Waals surface area (Å²) >= 11 is 1.71. The van der Waals surface area contributed by atoms with Crippen molar-refractivity contribution < 1.29 is 4.79 Å². The lowest BCUT2D eigenvalue weighted by atomic mass is 10.6. The SMILES string of the molecule is CC=CC=O.c1ccsc1. The number of aldehydes is 1. The van der Waals surface area contributed by atoms with Gasteiger partial charge in [-0.25, -0.2) is 0 Å². The van der Waals surface area contributed by atoms with Crippen LogP contribution in [0.4, 0.5) is 0 Å². The molecule has 1 aromatic heterocycles. The molecule has 0 unspecified atom stereocenters. The van der Waals surface area contributed by atoms with Gasteiger partial charge in [-0.2, -0.15) is 11.3 Å². The lowest BCUT2D eigenvalue weighted by Gasteiger charge is -1.51. The molecule has 0 saturated carbocycles. The van der Waals surface area contributed by atoms with Crippen LogP contribution in [0.15, 0.2) is 35.0 Å². The molecule has 0 spiro atoms. The Balaban J connectivity index is 0.000000162. The number of allylic oxidation sites excluding steroid dienone is 2. The van der Waals surface area contributed by atoms with Crippen molar-refractivity contribution in [3.05, 3.63) is 35.0 Å². The molecule has 1 aromatic rings. The molecule has 0 aliphatic rings. The highest BCUT2D eigenvalue weighted by Gasteiger charge is 1.58. The predicted molar refractivity (Wildman–Crippen MR) is 45.2 cm³/mol. The molecule has 0 radical (unpaired) electrons. The van der Waals surface area contributed by atoms with Crippen LogP contribution in [-0.4, -0.2) is 6.29 Å². The van der Waals surface area contributed by atoms with E-state index in [0.29, 0.717) is 0 Å². The Morgan fingerprint density at radius 2 is 1.90 bits per heavy atom. The molecule has 54 valence electrons. The summed E-state index contributed by atoms with van der Waals surface area (Å²) in [4.78, 5) is 9.32. The molecule has 0 atom stereocenters. The maximum Gasteiger partial charge on any atom is 0.142 e. The fourth-order valence-electron chi connectivity index (χ4n) is 0.305. The zero-order valence-electron chi connectivity index (χ0n) is 5.86. The summed E-state index contributed by atoms with van der Waals surface area (Å²) in [6, 6.07) is 4.04. The van der Waals surface area contributed by atoms with Crippen LogP contribution in [0.25, 0.3) is 0 Å². The second kappa shape index (κ2) is 8.11. The van der Waals surface area contributed by atoms with E-state index in [0.717, 1.165) is 6.29 Å². The lowest BCUT2D eigenvalue weighted by Crippen LogP contribution is -1.50. The first kappa shape index (κ1) is 9.11. The van der Waals surface area contributed by atoms with Gasteiger partial charge in [0.05, 0.1) is 0 Å². The number of carbonyl (C=O) groups excluding carboxylic acids is 1. The van der Waals surface area contributed by atoms with Gasteiger partial charge in [0.25, 0.3) is 0 Å². The van der Waals surface area contributed by atoms with Gasteiger partial charge in [0.2, 0.25) is 0 Å². The van der Waals surface area contributed by atoms with Gasteiger partial charge >= 0.3 is 0 Å². The summed E-state index contributed by atoms with van der Waals surface area (Å²) in [6.07, 6.45) is 3.88. The van der Waals surface area contributed by atoms with E-state index < -0.39 is 0 Å². The molecule has 1 heterocycles. The molecule has 0 fully saturated rings. The molecule has 0 aromatic carbocycles. The molecule has 0 aliphatic heterocycles. The molecule has 1 rings (SSSR count). The third kappa shape index (κ3) is 7.11. The third-order valence-corrected chi connectivity index (χ3v) is 1.32. The fourth-order valence-corrected chi connectivity index (χ4v) is 0.759. The molecule has 0 bridgehead atoms. The summed E-state index contributed by atoms with van der Waals surface area (Å²) in [6.45, 7) is 1.80. The monoisotopic (exact) mass is 154 g/mol. The van der Waals surface area contributed by atoms with E-state index in [4.69, 9.17) is 0 Å². The first-order valence-electron chi connectivity index (χ1n) is 2.95. The van der Waals surface area contributed by atoms with Crippen molar-refractivity contribution >= 4 is 17.6 Å². The van der Waals surface area contributed by atoms with E-state index >= 15 is 0 Å². The van der Waals surface area contributed by atoms with Gasteiger partial charge in [0.15, 0.2) is 0 Å². The third-order valence-electron chi connectivity index (χ3n) is 0.696. The van der Waals surface area contributed by atoms with Crippen molar-refractivity contribution in [1.82, 2.24) is 0 Å². The van der Waals surface area contributed by atoms with E-state index in [2.05, 4.69) is 0 Å². The summed E-state index contributed by atoms with van der Waals surface area (Å²) < 4.78 is 0. The summed E-state index contributed by atoms with van der Waals surface area (Å²) in [5, 5.41) is 4.08. The highest BCUT2D eigenvalue weighted by molar-refractivity contribution is 7.07. The van der Waals surface area contributed by atoms with Crippen molar-refractivity contribution in [3.8, 4) is 0 Å². The molecule has 1 nitrogen and oxygen atoms in total. The highest BCUT2D eigenvalue weighted by atomic mass is 32.1. The number of hydrogen-bond acceptors (Lipinski definition) is 2. The van der Waals surface area contributed by atoms with Gasteiger partial charge in [0.1, 0.15) is 6.29 Å². The molecule has 0 saturated heterocycles. The lowest BCUT2D eigenvalue weighted by molar-refractivity contribution is -0.104. The molecular formula is C8H10OS. The van der Waals surface area contributed by atoms with Crippen molar-refractivity contribution in [2.24, 2.45) is 0 Å². The summed E-state index contributed by atoms with van der Waals surface area (Å²) in [7, 11) is 0. The van der Waals surface area contributed by atoms with Crippen LogP contribution in [-0.2, 0) is 4.79 Å². The number of hydrogen-bond donors (Lipinski definition) is 0. The second-order valence-electron chi connectivity index (χ2n) is 1.46. The summed E-state index contributed by atoms with van der Waals surface area (Å²) in [5.41, 5.74) is 0. The molecule has 0 amide bonds. The Kier molecular flexibility index (Phi) is 7.39. The predicted octanol–water partition coefficient (Wildman–Crippen LogP) is 2.51. The minimum atomic E-state index is 0.750. The Bertz CT molecular complexity index is 148. The first-order valence-corrected chi connectivity index (χ1v) is 3.89. The zero-order valence-corrected chi connectivity index (χ0v) is 6.67. The maximum atomic E-state index is 9.32. The van der Waals surface area contributed by atoms with Gasteiger partial charge in [-0.1, -0.05) is 18.2 Å². The molecule has 0 N–H and O–H groups in total. The van der Waals surface area contributed by atoms with Crippen molar-refractivity contribution in [2.45, 2.75) is 6.92 Å². The van der Waals surface area contributed by atoms with Gasteiger partial charge in [-0.15, -0.1) is 0 Å². The van der Waals surface area contributed by atoms with Gasteiger partial charge in [-0.05, 0) is 23.8 Å². The van der Waals surface area contributed by atoms with E-state index in [1.165, 1.54) is 6.08 Å². The highest BCUT2D eigenvalue weighted by Crippen LogP contribution is 1.91. The van der Waals surface area contributed by atoms with E-state index in [1.807, 2.05) is 22.9 Å². The van der Waals surface area contributed by atoms with Crippen molar-refractivity contribution in [3.63, 3.8) is 0 Å². The van der Waals surface area contributed by atoms with Gasteiger partial charge in [-0.3, -0.25) is 4.79 Å². The Labute approximate surface area is 65.0 Å². The maximum absolute atomic E-state index is 9.32. The van der Waals surface area contributed by atoms with Gasteiger partial charge < -0.3 is 0 Å². The standard InChI is InChI=1S/C4H6O.C4H4S/c1-2-3-4-5;1-2-4-5-3-1/h2-4H,1H3;1-4H. The topological polar surface area (TPSA) is 17.1 Å². The molecule has 2 heteroatoms. The fraction of sp³-hybridized carbons (Fsp3) is 0.125. The number of thiophene rings is 1. The average molecular weight is 154 g/mol. The smallest absolute Gasteiger partial charge is 0.142 e. The normalized spacial score (nSPS) is 8.50. The largest absolute Gasteiger partial charge is 0.299 e. The number of rotatable bonds is 1. The average Bonchev–Trinajstić information content (AvgIpc) is 2.44. The zero-order chi connectivity index (χ0) is 7.66. The quantitative estimate of drug-likeness (QED) is 0.448. The van der Waals surface area contributed by atoms with Crippen molar-refractivity contribution in [1.29, 1.82) is 0 Å². The van der Waals surface area contributed by atoms with E-state index in [1.54, 1.807) is 24.3 Å².